The van der Waals surface area contributed by atoms with Gasteiger partial charge < -0.3 is 5.32 Å². The van der Waals surface area contributed by atoms with Gasteiger partial charge in [-0.15, -0.1) is 18.3 Å². The fourth-order valence-corrected chi connectivity index (χ4v) is 2.52. The third-order valence-electron chi connectivity index (χ3n) is 2.33. The van der Waals surface area contributed by atoms with Crippen molar-refractivity contribution in [2.45, 2.75) is 17.9 Å². The topological polar surface area (TPSA) is 29.1 Å². The smallest absolute Gasteiger partial charge is 0.233 e. The number of halogens is 2. The second kappa shape index (κ2) is 7.44. The first-order valence-corrected chi connectivity index (χ1v) is 6.92. The van der Waals surface area contributed by atoms with Crippen molar-refractivity contribution < 1.29 is 9.18 Å². The van der Waals surface area contributed by atoms with Crippen LogP contribution in [0.4, 0.5) is 4.39 Å². The van der Waals surface area contributed by atoms with Gasteiger partial charge in [0.2, 0.25) is 5.91 Å². The number of carbonyl (C=O) groups is 1. The summed E-state index contributed by atoms with van der Waals surface area (Å²) in [5.74, 6) is -0.0603. The maximum atomic E-state index is 13.5. The normalized spacial score (nSPS) is 11.9. The zero-order valence-corrected chi connectivity index (χ0v) is 11.7. The third kappa shape index (κ3) is 4.35. The van der Waals surface area contributed by atoms with Gasteiger partial charge in [0.1, 0.15) is 5.82 Å². The lowest BCUT2D eigenvalue weighted by Gasteiger charge is -2.12. The van der Waals surface area contributed by atoms with Crippen molar-refractivity contribution >= 4 is 29.3 Å². The molecule has 0 saturated carbocycles. The van der Waals surface area contributed by atoms with E-state index in [0.29, 0.717) is 22.9 Å². The Kier molecular flexibility index (Phi) is 6.22. The molecule has 0 bridgehead atoms. The first-order chi connectivity index (χ1) is 8.56. The molecule has 0 aliphatic carbocycles. The van der Waals surface area contributed by atoms with E-state index in [0.717, 1.165) is 0 Å². The number of hydrogen-bond donors (Lipinski definition) is 1. The highest BCUT2D eigenvalue weighted by Gasteiger charge is 2.14. The summed E-state index contributed by atoms with van der Waals surface area (Å²) in [5, 5.41) is 2.82. The van der Waals surface area contributed by atoms with Crippen molar-refractivity contribution in [2.24, 2.45) is 0 Å². The van der Waals surface area contributed by atoms with Crippen LogP contribution in [0.2, 0.25) is 5.02 Å². The highest BCUT2D eigenvalue weighted by Crippen LogP contribution is 2.26. The molecule has 18 heavy (non-hydrogen) atoms. The van der Waals surface area contributed by atoms with E-state index in [1.54, 1.807) is 25.1 Å². The summed E-state index contributed by atoms with van der Waals surface area (Å²) in [6, 6.07) is 4.57. The van der Waals surface area contributed by atoms with Crippen LogP contribution in [0.15, 0.2) is 30.9 Å². The molecule has 2 nitrogen and oxygen atoms in total. The van der Waals surface area contributed by atoms with Crippen molar-refractivity contribution in [1.29, 1.82) is 0 Å². The highest BCUT2D eigenvalue weighted by atomic mass is 35.5. The standard InChI is InChI=1S/C13H15ClFNOS/c1-3-7-16-13(17)9(2)18-8-10-11(14)5-4-6-12(10)15/h3-6,9H,1,7-8H2,2H3,(H,16,17). The van der Waals surface area contributed by atoms with Gasteiger partial charge in [-0.25, -0.2) is 4.39 Å². The molecule has 0 aromatic heterocycles. The Labute approximate surface area is 116 Å². The van der Waals surface area contributed by atoms with E-state index in [-0.39, 0.29) is 17.0 Å². The van der Waals surface area contributed by atoms with Gasteiger partial charge in [-0.2, -0.15) is 0 Å². The minimum absolute atomic E-state index is 0.0904. The largest absolute Gasteiger partial charge is 0.352 e. The molecule has 0 heterocycles. The van der Waals surface area contributed by atoms with Crippen LogP contribution in [0.1, 0.15) is 12.5 Å². The number of hydrogen-bond acceptors (Lipinski definition) is 2. The summed E-state index contributed by atoms with van der Waals surface area (Å²) in [6.45, 7) is 5.73. The lowest BCUT2D eigenvalue weighted by molar-refractivity contribution is -0.120. The van der Waals surface area contributed by atoms with Crippen LogP contribution in [0.25, 0.3) is 0 Å². The van der Waals surface area contributed by atoms with E-state index in [2.05, 4.69) is 11.9 Å². The summed E-state index contributed by atoms with van der Waals surface area (Å²) in [7, 11) is 0. The second-order valence-electron chi connectivity index (χ2n) is 3.69. The van der Waals surface area contributed by atoms with Crippen molar-refractivity contribution in [3.8, 4) is 0 Å². The fraction of sp³-hybridized carbons (Fsp3) is 0.308. The number of benzene rings is 1. The van der Waals surface area contributed by atoms with E-state index >= 15 is 0 Å². The molecule has 5 heteroatoms. The summed E-state index contributed by atoms with van der Waals surface area (Å²) >= 11 is 7.25. The van der Waals surface area contributed by atoms with Crippen LogP contribution in [-0.2, 0) is 10.5 Å². The molecule has 0 aliphatic rings. The molecule has 0 radical (unpaired) electrons. The lowest BCUT2D eigenvalue weighted by atomic mass is 10.2. The van der Waals surface area contributed by atoms with E-state index in [9.17, 15) is 9.18 Å². The molecular weight excluding hydrogens is 273 g/mol. The van der Waals surface area contributed by atoms with Gasteiger partial charge in [-0.05, 0) is 19.1 Å². The molecule has 1 aromatic carbocycles. The molecule has 1 unspecified atom stereocenters. The van der Waals surface area contributed by atoms with Crippen molar-refractivity contribution in [3.05, 3.63) is 47.3 Å². The summed E-state index contributed by atoms with van der Waals surface area (Å²) in [6.07, 6.45) is 1.61. The molecule has 1 aromatic rings. The molecule has 0 fully saturated rings. The van der Waals surface area contributed by atoms with Crippen LogP contribution in [-0.4, -0.2) is 17.7 Å². The number of thioether (sulfide) groups is 1. The Morgan fingerprint density at radius 3 is 3.00 bits per heavy atom. The van der Waals surface area contributed by atoms with Crippen LogP contribution in [0.3, 0.4) is 0 Å². The zero-order chi connectivity index (χ0) is 13.5. The SMILES string of the molecule is C=CCNC(=O)C(C)SCc1c(F)cccc1Cl. The molecule has 1 N–H and O–H groups in total. The first-order valence-electron chi connectivity index (χ1n) is 5.49. The van der Waals surface area contributed by atoms with Crippen molar-refractivity contribution in [1.82, 2.24) is 5.32 Å². The zero-order valence-electron chi connectivity index (χ0n) is 10.1. The molecule has 0 saturated heterocycles. The Balaban J connectivity index is 2.54. The molecular formula is C13H15ClFNOS. The van der Waals surface area contributed by atoms with Gasteiger partial charge in [0, 0.05) is 22.9 Å². The summed E-state index contributed by atoms with van der Waals surface area (Å²) in [5.41, 5.74) is 0.438. The third-order valence-corrected chi connectivity index (χ3v) is 3.85. The Morgan fingerprint density at radius 1 is 1.67 bits per heavy atom. The van der Waals surface area contributed by atoms with Gasteiger partial charge in [0.05, 0.1) is 5.25 Å². The Bertz CT molecular complexity index is 419. The highest BCUT2D eigenvalue weighted by molar-refractivity contribution is 7.99. The minimum Gasteiger partial charge on any atom is -0.352 e. The van der Waals surface area contributed by atoms with Gasteiger partial charge in [-0.1, -0.05) is 23.7 Å². The van der Waals surface area contributed by atoms with E-state index in [1.165, 1.54) is 17.8 Å². The molecule has 1 amide bonds. The molecule has 1 rings (SSSR count). The number of rotatable bonds is 6. The van der Waals surface area contributed by atoms with Gasteiger partial charge in [0.15, 0.2) is 0 Å². The van der Waals surface area contributed by atoms with Crippen LogP contribution >= 0.6 is 23.4 Å². The first kappa shape index (κ1) is 15.1. The average Bonchev–Trinajstić information content (AvgIpc) is 2.35. The van der Waals surface area contributed by atoms with Crippen molar-refractivity contribution in [3.63, 3.8) is 0 Å². The van der Waals surface area contributed by atoms with Gasteiger partial charge in [0.25, 0.3) is 0 Å². The molecule has 0 aliphatic heterocycles. The van der Waals surface area contributed by atoms with Gasteiger partial charge in [-0.3, -0.25) is 4.79 Å². The van der Waals surface area contributed by atoms with Crippen LogP contribution in [0, 0.1) is 5.82 Å². The number of carbonyl (C=O) groups excluding carboxylic acids is 1. The maximum absolute atomic E-state index is 13.5. The predicted molar refractivity (Wildman–Crippen MR) is 75.4 cm³/mol. The van der Waals surface area contributed by atoms with Crippen LogP contribution in [0.5, 0.6) is 0 Å². The molecule has 1 atom stereocenters. The quantitative estimate of drug-likeness (QED) is 0.813. The van der Waals surface area contributed by atoms with E-state index in [1.807, 2.05) is 0 Å². The van der Waals surface area contributed by atoms with Crippen LogP contribution < -0.4 is 5.32 Å². The van der Waals surface area contributed by atoms with E-state index < -0.39 is 0 Å². The lowest BCUT2D eigenvalue weighted by Crippen LogP contribution is -2.30. The van der Waals surface area contributed by atoms with Crippen molar-refractivity contribution in [2.75, 3.05) is 6.54 Å². The van der Waals surface area contributed by atoms with E-state index in [4.69, 9.17) is 11.6 Å². The maximum Gasteiger partial charge on any atom is 0.233 e. The Morgan fingerprint density at radius 2 is 2.39 bits per heavy atom. The minimum atomic E-state index is -0.339. The fourth-order valence-electron chi connectivity index (χ4n) is 1.27. The monoisotopic (exact) mass is 287 g/mol. The Hall–Kier alpha value is -1.00. The number of nitrogens with one attached hydrogen (secondary N) is 1. The van der Waals surface area contributed by atoms with Gasteiger partial charge >= 0.3 is 0 Å². The molecule has 98 valence electrons. The number of amides is 1. The summed E-state index contributed by atoms with van der Waals surface area (Å²) < 4.78 is 13.5. The predicted octanol–water partition coefficient (Wildman–Crippen LogP) is 3.40. The second-order valence-corrected chi connectivity index (χ2v) is 5.42. The average molecular weight is 288 g/mol. The summed E-state index contributed by atoms with van der Waals surface area (Å²) in [4.78, 5) is 11.6. The molecule has 0 spiro atoms.